The number of benzene rings is 1. The third kappa shape index (κ3) is 2.61. The highest BCUT2D eigenvalue weighted by atomic mass is 79.9. The predicted molar refractivity (Wildman–Crippen MR) is 86.2 cm³/mol. The van der Waals surface area contributed by atoms with Crippen LogP contribution in [0.1, 0.15) is 26.3 Å². The Morgan fingerprint density at radius 1 is 1.43 bits per heavy atom. The third-order valence-corrected chi connectivity index (χ3v) is 5.09. The molecule has 3 atom stereocenters. The molecule has 1 aliphatic heterocycles. The number of piperidine rings is 1. The van der Waals surface area contributed by atoms with Crippen molar-refractivity contribution in [2.24, 2.45) is 11.8 Å². The summed E-state index contributed by atoms with van der Waals surface area (Å²) in [5.74, 6) is -0.439. The first kappa shape index (κ1) is 16.3. The SMILES string of the molecule is CC(C)(C)OC(=O)N1C[C@@H]2[C@H](C1)[C@]2(C#N)c1ccc(Br)cc1F. The van der Waals surface area contributed by atoms with Crippen LogP contribution < -0.4 is 0 Å². The Kier molecular flexibility index (Phi) is 3.68. The molecular weight excluding hydrogens is 363 g/mol. The van der Waals surface area contributed by atoms with E-state index in [4.69, 9.17) is 4.74 Å². The van der Waals surface area contributed by atoms with Gasteiger partial charge in [0.25, 0.3) is 0 Å². The average Bonchev–Trinajstić information content (AvgIpc) is 2.81. The van der Waals surface area contributed by atoms with Crippen LogP contribution in [-0.2, 0) is 10.2 Å². The average molecular weight is 381 g/mol. The van der Waals surface area contributed by atoms with E-state index in [1.807, 2.05) is 20.8 Å². The van der Waals surface area contributed by atoms with Crippen molar-refractivity contribution in [1.29, 1.82) is 5.26 Å². The van der Waals surface area contributed by atoms with Gasteiger partial charge in [-0.3, -0.25) is 0 Å². The Balaban J connectivity index is 1.77. The molecule has 122 valence electrons. The summed E-state index contributed by atoms with van der Waals surface area (Å²) in [4.78, 5) is 13.7. The molecule has 2 fully saturated rings. The molecule has 1 amide bonds. The topological polar surface area (TPSA) is 53.3 Å². The molecule has 1 aromatic carbocycles. The molecule has 0 spiro atoms. The van der Waals surface area contributed by atoms with Crippen molar-refractivity contribution < 1.29 is 13.9 Å². The maximum absolute atomic E-state index is 14.3. The number of carbonyl (C=O) groups is 1. The summed E-state index contributed by atoms with van der Waals surface area (Å²) in [5, 5.41) is 9.66. The fourth-order valence-corrected chi connectivity index (χ4v) is 3.89. The van der Waals surface area contributed by atoms with Gasteiger partial charge in [0.15, 0.2) is 0 Å². The molecule has 0 radical (unpaired) electrons. The maximum atomic E-state index is 14.3. The lowest BCUT2D eigenvalue weighted by atomic mass is 9.91. The van der Waals surface area contributed by atoms with E-state index in [2.05, 4.69) is 22.0 Å². The minimum Gasteiger partial charge on any atom is -0.444 e. The van der Waals surface area contributed by atoms with Crippen LogP contribution >= 0.6 is 15.9 Å². The number of halogens is 2. The Hall–Kier alpha value is -1.61. The van der Waals surface area contributed by atoms with Crippen LogP contribution in [0, 0.1) is 29.0 Å². The fraction of sp³-hybridized carbons (Fsp3) is 0.529. The van der Waals surface area contributed by atoms with Crippen LogP contribution in [0.25, 0.3) is 0 Å². The van der Waals surface area contributed by atoms with E-state index in [0.717, 1.165) is 0 Å². The molecule has 23 heavy (non-hydrogen) atoms. The molecule has 0 bridgehead atoms. The molecule has 1 saturated heterocycles. The molecule has 0 N–H and O–H groups in total. The van der Waals surface area contributed by atoms with Crippen molar-refractivity contribution in [2.75, 3.05) is 13.1 Å². The smallest absolute Gasteiger partial charge is 0.410 e. The number of amides is 1. The van der Waals surface area contributed by atoms with Gasteiger partial charge >= 0.3 is 6.09 Å². The Morgan fingerprint density at radius 2 is 2.04 bits per heavy atom. The van der Waals surface area contributed by atoms with E-state index >= 15 is 0 Å². The lowest BCUT2D eigenvalue weighted by Crippen LogP contribution is -2.39. The second kappa shape index (κ2) is 5.20. The maximum Gasteiger partial charge on any atom is 0.410 e. The molecule has 3 rings (SSSR count). The van der Waals surface area contributed by atoms with Crippen LogP contribution in [0.5, 0.6) is 0 Å². The highest BCUT2D eigenvalue weighted by Crippen LogP contribution is 2.63. The monoisotopic (exact) mass is 380 g/mol. The molecule has 1 aromatic rings. The van der Waals surface area contributed by atoms with Crippen LogP contribution in [0.2, 0.25) is 0 Å². The minimum atomic E-state index is -0.816. The van der Waals surface area contributed by atoms with Gasteiger partial charge in [-0.25, -0.2) is 9.18 Å². The Labute approximate surface area is 143 Å². The van der Waals surface area contributed by atoms with Gasteiger partial charge in [0.2, 0.25) is 0 Å². The number of nitriles is 1. The van der Waals surface area contributed by atoms with E-state index in [1.165, 1.54) is 6.07 Å². The Bertz CT molecular complexity index is 696. The van der Waals surface area contributed by atoms with Gasteiger partial charge in [0.05, 0.1) is 11.5 Å². The van der Waals surface area contributed by atoms with Gasteiger partial charge in [-0.1, -0.05) is 22.0 Å². The highest BCUT2D eigenvalue weighted by Gasteiger charge is 2.71. The molecule has 1 saturated carbocycles. The number of hydrogen-bond donors (Lipinski definition) is 0. The van der Waals surface area contributed by atoms with E-state index in [1.54, 1.807) is 17.0 Å². The standard InChI is InChI=1S/C17H18BrFN2O2/c1-16(2,3)23-15(22)21-7-12-13(8-21)17(12,9-20)11-5-4-10(18)6-14(11)19/h4-6,12-13H,7-8H2,1-3H3/t12-,13+,17-. The molecule has 0 unspecified atom stereocenters. The molecular formula is C17H18BrFN2O2. The van der Waals surface area contributed by atoms with E-state index < -0.39 is 11.0 Å². The summed E-state index contributed by atoms with van der Waals surface area (Å²) in [5.41, 5.74) is -0.931. The van der Waals surface area contributed by atoms with Crippen molar-refractivity contribution in [2.45, 2.75) is 31.8 Å². The summed E-state index contributed by atoms with van der Waals surface area (Å²) in [6.07, 6.45) is -0.368. The third-order valence-electron chi connectivity index (χ3n) is 4.59. The van der Waals surface area contributed by atoms with Gasteiger partial charge in [0.1, 0.15) is 11.4 Å². The zero-order valence-electron chi connectivity index (χ0n) is 13.3. The molecule has 0 aromatic heterocycles. The van der Waals surface area contributed by atoms with Gasteiger partial charge in [-0.2, -0.15) is 5.26 Å². The Morgan fingerprint density at radius 3 is 2.52 bits per heavy atom. The van der Waals surface area contributed by atoms with Gasteiger partial charge < -0.3 is 9.64 Å². The summed E-state index contributed by atoms with van der Waals surface area (Å²) in [6.45, 7) is 6.32. The molecule has 6 heteroatoms. The van der Waals surface area contributed by atoms with Crippen molar-refractivity contribution in [1.82, 2.24) is 4.90 Å². The number of nitrogens with zero attached hydrogens (tertiary/aromatic N) is 2. The summed E-state index contributed by atoms with van der Waals surface area (Å²) < 4.78 is 20.3. The number of rotatable bonds is 1. The minimum absolute atomic E-state index is 0.0318. The van der Waals surface area contributed by atoms with Crippen molar-refractivity contribution >= 4 is 22.0 Å². The van der Waals surface area contributed by atoms with Crippen molar-refractivity contribution in [3.05, 3.63) is 34.1 Å². The largest absolute Gasteiger partial charge is 0.444 e. The van der Waals surface area contributed by atoms with Gasteiger partial charge in [-0.05, 0) is 32.9 Å². The first-order valence-electron chi connectivity index (χ1n) is 7.54. The number of ether oxygens (including phenoxy) is 1. The van der Waals surface area contributed by atoms with E-state index in [0.29, 0.717) is 23.1 Å². The van der Waals surface area contributed by atoms with E-state index in [-0.39, 0.29) is 23.7 Å². The zero-order chi connectivity index (χ0) is 17.0. The normalized spacial score (nSPS) is 29.0. The van der Waals surface area contributed by atoms with E-state index in [9.17, 15) is 14.4 Å². The molecule has 2 aliphatic rings. The van der Waals surface area contributed by atoms with Crippen LogP contribution in [0.3, 0.4) is 0 Å². The first-order chi connectivity index (χ1) is 10.7. The molecule has 1 heterocycles. The first-order valence-corrected chi connectivity index (χ1v) is 8.33. The van der Waals surface area contributed by atoms with Crippen LogP contribution in [0.15, 0.2) is 22.7 Å². The lowest BCUT2D eigenvalue weighted by molar-refractivity contribution is 0.0266. The second-order valence-electron chi connectivity index (χ2n) is 7.20. The lowest BCUT2D eigenvalue weighted by Gasteiger charge is -2.27. The fourth-order valence-electron chi connectivity index (χ4n) is 3.56. The molecule has 4 nitrogen and oxygen atoms in total. The second-order valence-corrected chi connectivity index (χ2v) is 8.12. The molecule has 1 aliphatic carbocycles. The van der Waals surface area contributed by atoms with Gasteiger partial charge in [-0.15, -0.1) is 0 Å². The van der Waals surface area contributed by atoms with Crippen LogP contribution in [0.4, 0.5) is 9.18 Å². The number of fused-ring (bicyclic) bond motifs is 1. The highest BCUT2D eigenvalue weighted by molar-refractivity contribution is 9.10. The quantitative estimate of drug-likeness (QED) is 0.743. The number of likely N-dealkylation sites (tertiary alicyclic amines) is 1. The predicted octanol–water partition coefficient (Wildman–Crippen LogP) is 3.85. The summed E-state index contributed by atoms with van der Waals surface area (Å²) in [6, 6.07) is 7.10. The number of carbonyl (C=O) groups excluding carboxylic acids is 1. The van der Waals surface area contributed by atoms with Gasteiger partial charge in [0, 0.05) is 35.0 Å². The summed E-state index contributed by atoms with van der Waals surface area (Å²) >= 11 is 3.23. The van der Waals surface area contributed by atoms with Crippen LogP contribution in [-0.4, -0.2) is 29.7 Å². The zero-order valence-corrected chi connectivity index (χ0v) is 14.9. The van der Waals surface area contributed by atoms with Crippen molar-refractivity contribution in [3.63, 3.8) is 0 Å². The van der Waals surface area contributed by atoms with Crippen molar-refractivity contribution in [3.8, 4) is 6.07 Å². The summed E-state index contributed by atoms with van der Waals surface area (Å²) in [7, 11) is 0. The number of hydrogen-bond acceptors (Lipinski definition) is 3.